The Balaban J connectivity index is 1.81. The summed E-state index contributed by atoms with van der Waals surface area (Å²) < 4.78 is 7.03. The number of ether oxygens (including phenoxy) is 1. The van der Waals surface area contributed by atoms with Crippen LogP contribution < -0.4 is 5.43 Å². The maximum atomic E-state index is 5.08. The molecule has 0 saturated heterocycles. The summed E-state index contributed by atoms with van der Waals surface area (Å²) in [7, 11) is 1.66. The lowest BCUT2D eigenvalue weighted by atomic mass is 10.2. The van der Waals surface area contributed by atoms with Crippen LogP contribution >= 0.6 is 11.9 Å². The van der Waals surface area contributed by atoms with Crippen molar-refractivity contribution < 1.29 is 4.74 Å². The molecular formula is C12H14N2OS. The molecule has 4 heteroatoms. The van der Waals surface area contributed by atoms with Crippen molar-refractivity contribution in [1.29, 1.82) is 0 Å². The van der Waals surface area contributed by atoms with Crippen LogP contribution in [-0.2, 0) is 10.5 Å². The van der Waals surface area contributed by atoms with E-state index in [9.17, 15) is 0 Å². The number of nitrogens with one attached hydrogen (secondary N) is 1. The van der Waals surface area contributed by atoms with Crippen LogP contribution in [0.5, 0.6) is 0 Å². The second-order valence-corrected chi connectivity index (χ2v) is 4.22. The molecule has 0 fully saturated rings. The van der Waals surface area contributed by atoms with Gasteiger partial charge in [0.25, 0.3) is 0 Å². The average molecular weight is 234 g/mol. The van der Waals surface area contributed by atoms with Crippen LogP contribution in [0.4, 0.5) is 0 Å². The normalized spacial score (nSPS) is 14.3. The first-order valence-corrected chi connectivity index (χ1v) is 5.97. The van der Waals surface area contributed by atoms with E-state index < -0.39 is 0 Å². The molecule has 0 spiro atoms. The first-order valence-electron chi connectivity index (χ1n) is 5.03. The number of methoxy groups -OCH3 is 1. The molecule has 0 aromatic heterocycles. The van der Waals surface area contributed by atoms with Crippen molar-refractivity contribution >= 4 is 11.9 Å². The molecule has 0 aliphatic carbocycles. The van der Waals surface area contributed by atoms with E-state index >= 15 is 0 Å². The standard InChI is InChI=1S/C12H14N2OS/c1-15-12-7-8-14(13-9-12)16-10-11-5-3-2-4-6-11/h2-9,13H,10H2,1H3. The largest absolute Gasteiger partial charge is 0.495 e. The molecule has 16 heavy (non-hydrogen) atoms. The van der Waals surface area contributed by atoms with Crippen molar-refractivity contribution in [3.63, 3.8) is 0 Å². The van der Waals surface area contributed by atoms with E-state index in [1.807, 2.05) is 29.0 Å². The second-order valence-electron chi connectivity index (χ2n) is 3.28. The van der Waals surface area contributed by atoms with Gasteiger partial charge in [-0.25, -0.2) is 4.41 Å². The number of nitrogens with zero attached hydrogens (tertiary/aromatic N) is 1. The lowest BCUT2D eigenvalue weighted by Gasteiger charge is -2.22. The van der Waals surface area contributed by atoms with E-state index in [4.69, 9.17) is 4.74 Å². The Hall–Kier alpha value is -1.55. The maximum Gasteiger partial charge on any atom is 0.137 e. The molecular weight excluding hydrogens is 220 g/mol. The molecule has 0 radical (unpaired) electrons. The van der Waals surface area contributed by atoms with Gasteiger partial charge in [0.15, 0.2) is 0 Å². The molecule has 2 rings (SSSR count). The zero-order chi connectivity index (χ0) is 11.2. The van der Waals surface area contributed by atoms with E-state index in [2.05, 4.69) is 29.7 Å². The summed E-state index contributed by atoms with van der Waals surface area (Å²) in [5.74, 6) is 1.77. The van der Waals surface area contributed by atoms with Gasteiger partial charge in [0, 0.05) is 18.0 Å². The van der Waals surface area contributed by atoms with Crippen molar-refractivity contribution in [3.8, 4) is 0 Å². The summed E-state index contributed by atoms with van der Waals surface area (Å²) in [6.07, 6.45) is 5.71. The Morgan fingerprint density at radius 3 is 2.75 bits per heavy atom. The third-order valence-electron chi connectivity index (χ3n) is 2.16. The molecule has 0 unspecified atom stereocenters. The molecule has 0 atom stereocenters. The molecule has 0 saturated carbocycles. The quantitative estimate of drug-likeness (QED) is 0.809. The number of hydrogen-bond donors (Lipinski definition) is 1. The fourth-order valence-electron chi connectivity index (χ4n) is 1.29. The molecule has 1 N–H and O–H groups in total. The SMILES string of the molecule is COC1=CNN(SCc2ccccc2)C=C1. The number of rotatable bonds is 4. The van der Waals surface area contributed by atoms with E-state index in [0.717, 1.165) is 11.5 Å². The van der Waals surface area contributed by atoms with Gasteiger partial charge in [0.2, 0.25) is 0 Å². The van der Waals surface area contributed by atoms with Gasteiger partial charge in [-0.05, 0) is 17.5 Å². The van der Waals surface area contributed by atoms with Crippen molar-refractivity contribution in [3.05, 3.63) is 60.1 Å². The smallest absolute Gasteiger partial charge is 0.137 e. The van der Waals surface area contributed by atoms with Crippen molar-refractivity contribution in [1.82, 2.24) is 9.84 Å². The van der Waals surface area contributed by atoms with Crippen LogP contribution in [-0.4, -0.2) is 11.5 Å². The number of hydrogen-bond acceptors (Lipinski definition) is 4. The summed E-state index contributed by atoms with van der Waals surface area (Å²) in [6, 6.07) is 10.4. The van der Waals surface area contributed by atoms with Crippen LogP contribution in [0.2, 0.25) is 0 Å². The van der Waals surface area contributed by atoms with Gasteiger partial charge in [-0.1, -0.05) is 30.3 Å². The lowest BCUT2D eigenvalue weighted by Crippen LogP contribution is -2.25. The first kappa shape index (κ1) is 11.0. The van der Waals surface area contributed by atoms with Crippen LogP contribution in [0.15, 0.2) is 54.6 Å². The minimum Gasteiger partial charge on any atom is -0.495 e. The summed E-state index contributed by atoms with van der Waals surface area (Å²) >= 11 is 1.70. The minimum atomic E-state index is 0.830. The Kier molecular flexibility index (Phi) is 3.77. The van der Waals surface area contributed by atoms with Crippen molar-refractivity contribution in [2.75, 3.05) is 7.11 Å². The predicted octanol–water partition coefficient (Wildman–Crippen LogP) is 2.66. The van der Waals surface area contributed by atoms with Gasteiger partial charge in [-0.15, -0.1) is 0 Å². The summed E-state index contributed by atoms with van der Waals surface area (Å²) in [5.41, 5.74) is 4.42. The minimum absolute atomic E-state index is 0.830. The van der Waals surface area contributed by atoms with Gasteiger partial charge in [-0.2, -0.15) is 0 Å². The topological polar surface area (TPSA) is 24.5 Å². The van der Waals surface area contributed by atoms with E-state index in [-0.39, 0.29) is 0 Å². The monoisotopic (exact) mass is 234 g/mol. The highest BCUT2D eigenvalue weighted by atomic mass is 32.2. The summed E-state index contributed by atoms with van der Waals surface area (Å²) in [6.45, 7) is 0. The fraction of sp³-hybridized carbons (Fsp3) is 0.167. The number of hydrazine groups is 1. The molecule has 1 aromatic rings. The van der Waals surface area contributed by atoms with Gasteiger partial charge in [-0.3, -0.25) is 5.43 Å². The second kappa shape index (κ2) is 5.51. The van der Waals surface area contributed by atoms with Crippen LogP contribution in [0.1, 0.15) is 5.56 Å². The van der Waals surface area contributed by atoms with Crippen LogP contribution in [0.3, 0.4) is 0 Å². The van der Waals surface area contributed by atoms with Gasteiger partial charge >= 0.3 is 0 Å². The van der Waals surface area contributed by atoms with E-state index in [1.165, 1.54) is 5.56 Å². The highest BCUT2D eigenvalue weighted by Gasteiger charge is 2.04. The fourth-order valence-corrected chi connectivity index (χ4v) is 2.04. The third-order valence-corrected chi connectivity index (χ3v) is 3.12. The molecule has 0 bridgehead atoms. The van der Waals surface area contributed by atoms with E-state index in [0.29, 0.717) is 0 Å². The van der Waals surface area contributed by atoms with Crippen LogP contribution in [0.25, 0.3) is 0 Å². The average Bonchev–Trinajstić information content (AvgIpc) is 2.38. The molecule has 3 nitrogen and oxygen atoms in total. The molecule has 1 heterocycles. The first-order chi connectivity index (χ1) is 7.88. The Morgan fingerprint density at radius 1 is 1.31 bits per heavy atom. The van der Waals surface area contributed by atoms with Gasteiger partial charge in [0.05, 0.1) is 13.3 Å². The molecule has 1 aliphatic heterocycles. The molecule has 84 valence electrons. The Morgan fingerprint density at radius 2 is 2.12 bits per heavy atom. The molecule has 1 aliphatic rings. The number of allylic oxidation sites excluding steroid dienone is 1. The predicted molar refractivity (Wildman–Crippen MR) is 66.9 cm³/mol. The van der Waals surface area contributed by atoms with Gasteiger partial charge in [0.1, 0.15) is 5.76 Å². The highest BCUT2D eigenvalue weighted by Crippen LogP contribution is 2.17. The molecule has 1 aromatic carbocycles. The zero-order valence-corrected chi connectivity index (χ0v) is 9.91. The molecule has 0 amide bonds. The maximum absolute atomic E-state index is 5.08. The number of benzene rings is 1. The van der Waals surface area contributed by atoms with Crippen LogP contribution in [0, 0.1) is 0 Å². The van der Waals surface area contributed by atoms with Crippen molar-refractivity contribution in [2.45, 2.75) is 5.75 Å². The van der Waals surface area contributed by atoms with E-state index in [1.54, 1.807) is 19.1 Å². The summed E-state index contributed by atoms with van der Waals surface area (Å²) in [5, 5.41) is 0. The zero-order valence-electron chi connectivity index (χ0n) is 9.09. The Labute approximate surface area is 99.9 Å². The summed E-state index contributed by atoms with van der Waals surface area (Å²) in [4.78, 5) is 0. The van der Waals surface area contributed by atoms with Gasteiger partial charge < -0.3 is 4.74 Å². The Bertz CT molecular complexity index is 389. The lowest BCUT2D eigenvalue weighted by molar-refractivity contribution is 0.295. The highest BCUT2D eigenvalue weighted by molar-refractivity contribution is 7.96. The van der Waals surface area contributed by atoms with Crippen molar-refractivity contribution in [2.24, 2.45) is 0 Å². The third kappa shape index (κ3) is 2.97.